The second-order valence-corrected chi connectivity index (χ2v) is 5.71. The van der Waals surface area contributed by atoms with Crippen molar-refractivity contribution < 1.29 is 24.2 Å². The molecule has 0 heterocycles. The fraction of sp³-hybridized carbons (Fsp3) is 0.263. The number of nitrogens with one attached hydrogen (secondary N) is 1. The molecule has 0 aromatic heterocycles. The first kappa shape index (κ1) is 18.3. The number of aryl methyl sites for hydroxylation is 2. The maximum absolute atomic E-state index is 12.3. The van der Waals surface area contributed by atoms with Crippen molar-refractivity contribution in [1.29, 1.82) is 0 Å². The van der Waals surface area contributed by atoms with E-state index >= 15 is 0 Å². The van der Waals surface area contributed by atoms with E-state index in [0.717, 1.165) is 5.56 Å². The van der Waals surface area contributed by atoms with Crippen LogP contribution in [0.15, 0.2) is 36.4 Å². The van der Waals surface area contributed by atoms with Crippen molar-refractivity contribution in [3.05, 3.63) is 53.1 Å². The summed E-state index contributed by atoms with van der Waals surface area (Å²) in [6.07, 6.45) is -1.04. The van der Waals surface area contributed by atoms with Gasteiger partial charge in [0.1, 0.15) is 17.1 Å². The maximum Gasteiger partial charge on any atom is 0.342 e. The normalized spacial score (nSPS) is 11.5. The number of esters is 1. The van der Waals surface area contributed by atoms with Crippen LogP contribution in [0.5, 0.6) is 11.5 Å². The Hall–Kier alpha value is -3.02. The lowest BCUT2D eigenvalue weighted by atomic mass is 10.1. The third-order valence-corrected chi connectivity index (χ3v) is 3.72. The minimum Gasteiger partial charge on any atom is -0.507 e. The molecule has 0 aliphatic heterocycles. The van der Waals surface area contributed by atoms with E-state index < -0.39 is 18.0 Å². The van der Waals surface area contributed by atoms with Gasteiger partial charge in [-0.2, -0.15) is 0 Å². The number of aromatic hydroxyl groups is 1. The van der Waals surface area contributed by atoms with Crippen molar-refractivity contribution in [2.24, 2.45) is 0 Å². The number of ether oxygens (including phenoxy) is 2. The largest absolute Gasteiger partial charge is 0.507 e. The standard InChI is InChI=1S/C19H21NO5/c1-11-8-9-16(24-4)15(10-11)20-18(22)13(3)25-19(23)14-7-5-6-12(2)17(14)21/h5-10,13,21H,1-4H3,(H,20,22)/t13-/m0/s1. The van der Waals surface area contributed by atoms with E-state index in [-0.39, 0.29) is 11.3 Å². The second-order valence-electron chi connectivity index (χ2n) is 5.71. The lowest BCUT2D eigenvalue weighted by molar-refractivity contribution is -0.123. The van der Waals surface area contributed by atoms with Crippen molar-refractivity contribution >= 4 is 17.6 Å². The number of hydrogen-bond donors (Lipinski definition) is 2. The molecule has 2 aromatic rings. The number of methoxy groups -OCH3 is 1. The highest BCUT2D eigenvalue weighted by Crippen LogP contribution is 2.26. The summed E-state index contributed by atoms with van der Waals surface area (Å²) in [5.74, 6) is -0.904. The van der Waals surface area contributed by atoms with Gasteiger partial charge in [-0.1, -0.05) is 18.2 Å². The van der Waals surface area contributed by atoms with Gasteiger partial charge in [-0.25, -0.2) is 4.79 Å². The molecule has 0 unspecified atom stereocenters. The van der Waals surface area contributed by atoms with E-state index in [1.165, 1.54) is 20.1 Å². The van der Waals surface area contributed by atoms with Crippen LogP contribution in [-0.4, -0.2) is 30.2 Å². The molecule has 25 heavy (non-hydrogen) atoms. The molecule has 0 saturated heterocycles. The summed E-state index contributed by atoms with van der Waals surface area (Å²) >= 11 is 0. The molecule has 0 spiro atoms. The predicted octanol–water partition coefficient (Wildman–Crippen LogP) is 3.20. The summed E-state index contributed by atoms with van der Waals surface area (Å²) in [6.45, 7) is 5.02. The van der Waals surface area contributed by atoms with Crippen LogP contribution in [0.25, 0.3) is 0 Å². The third kappa shape index (κ3) is 4.29. The minimum atomic E-state index is -1.04. The molecule has 0 aliphatic carbocycles. The summed E-state index contributed by atoms with van der Waals surface area (Å²) in [7, 11) is 1.50. The van der Waals surface area contributed by atoms with Crippen LogP contribution < -0.4 is 10.1 Å². The molecular formula is C19H21NO5. The van der Waals surface area contributed by atoms with Gasteiger partial charge in [-0.15, -0.1) is 0 Å². The summed E-state index contributed by atoms with van der Waals surface area (Å²) in [5.41, 5.74) is 2.02. The zero-order valence-corrected chi connectivity index (χ0v) is 14.6. The van der Waals surface area contributed by atoms with E-state index in [0.29, 0.717) is 17.0 Å². The molecule has 6 heteroatoms. The number of amides is 1. The number of para-hydroxylation sites is 1. The first-order valence-electron chi connectivity index (χ1n) is 7.78. The molecular weight excluding hydrogens is 322 g/mol. The lowest BCUT2D eigenvalue weighted by Crippen LogP contribution is -2.30. The van der Waals surface area contributed by atoms with Crippen LogP contribution in [0.3, 0.4) is 0 Å². The average molecular weight is 343 g/mol. The SMILES string of the molecule is COc1ccc(C)cc1NC(=O)[C@H](C)OC(=O)c1cccc(C)c1O. The molecule has 132 valence electrons. The van der Waals surface area contributed by atoms with E-state index in [2.05, 4.69) is 5.32 Å². The number of rotatable bonds is 5. The highest BCUT2D eigenvalue weighted by Gasteiger charge is 2.22. The molecule has 0 saturated carbocycles. The Morgan fingerprint density at radius 1 is 1.16 bits per heavy atom. The van der Waals surface area contributed by atoms with Gasteiger partial charge in [-0.05, 0) is 50.1 Å². The highest BCUT2D eigenvalue weighted by molar-refractivity contribution is 5.99. The fourth-order valence-electron chi connectivity index (χ4n) is 2.26. The monoisotopic (exact) mass is 343 g/mol. The number of carbonyl (C=O) groups excluding carboxylic acids is 2. The number of carbonyl (C=O) groups is 2. The molecule has 0 aliphatic rings. The Morgan fingerprint density at radius 3 is 2.56 bits per heavy atom. The molecule has 6 nitrogen and oxygen atoms in total. The fourth-order valence-corrected chi connectivity index (χ4v) is 2.26. The van der Waals surface area contributed by atoms with Gasteiger partial charge in [0.05, 0.1) is 12.8 Å². The zero-order chi connectivity index (χ0) is 18.6. The third-order valence-electron chi connectivity index (χ3n) is 3.72. The van der Waals surface area contributed by atoms with Crippen LogP contribution >= 0.6 is 0 Å². The van der Waals surface area contributed by atoms with Crippen molar-refractivity contribution in [2.75, 3.05) is 12.4 Å². The molecule has 1 atom stereocenters. The number of phenolic OH excluding ortho intramolecular Hbond substituents is 1. The van der Waals surface area contributed by atoms with Crippen LogP contribution in [0.4, 0.5) is 5.69 Å². The second kappa shape index (κ2) is 7.70. The number of anilines is 1. The van der Waals surface area contributed by atoms with E-state index in [4.69, 9.17) is 9.47 Å². The Kier molecular flexibility index (Phi) is 5.64. The molecule has 0 radical (unpaired) electrons. The maximum atomic E-state index is 12.3. The van der Waals surface area contributed by atoms with Crippen LogP contribution in [0, 0.1) is 13.8 Å². The van der Waals surface area contributed by atoms with Crippen LogP contribution in [0.1, 0.15) is 28.4 Å². The molecule has 0 bridgehead atoms. The van der Waals surface area contributed by atoms with Crippen LogP contribution in [-0.2, 0) is 9.53 Å². The van der Waals surface area contributed by atoms with Gasteiger partial charge in [-0.3, -0.25) is 4.79 Å². The Bertz CT molecular complexity index is 800. The number of hydrogen-bond acceptors (Lipinski definition) is 5. The van der Waals surface area contributed by atoms with Gasteiger partial charge < -0.3 is 19.9 Å². The van der Waals surface area contributed by atoms with Gasteiger partial charge >= 0.3 is 5.97 Å². The minimum absolute atomic E-state index is 0.0211. The summed E-state index contributed by atoms with van der Waals surface area (Å²) in [5, 5.41) is 12.6. The molecule has 0 fully saturated rings. The average Bonchev–Trinajstić information content (AvgIpc) is 2.57. The topological polar surface area (TPSA) is 84.9 Å². The molecule has 2 rings (SSSR count). The van der Waals surface area contributed by atoms with Crippen molar-refractivity contribution in [3.63, 3.8) is 0 Å². The van der Waals surface area contributed by atoms with Crippen molar-refractivity contribution in [2.45, 2.75) is 26.9 Å². The predicted molar refractivity (Wildman–Crippen MR) is 94.1 cm³/mol. The number of phenols is 1. The van der Waals surface area contributed by atoms with E-state index in [1.807, 2.05) is 13.0 Å². The summed E-state index contributed by atoms with van der Waals surface area (Å²) < 4.78 is 10.4. The number of benzene rings is 2. The Balaban J connectivity index is 2.09. The molecule has 2 aromatic carbocycles. The van der Waals surface area contributed by atoms with Crippen molar-refractivity contribution in [1.82, 2.24) is 0 Å². The summed E-state index contributed by atoms with van der Waals surface area (Å²) in [6, 6.07) is 10.1. The first-order chi connectivity index (χ1) is 11.8. The quantitative estimate of drug-likeness (QED) is 0.815. The summed E-state index contributed by atoms with van der Waals surface area (Å²) in [4.78, 5) is 24.5. The molecule has 1 amide bonds. The van der Waals surface area contributed by atoms with Crippen LogP contribution in [0.2, 0.25) is 0 Å². The van der Waals surface area contributed by atoms with Gasteiger partial charge in [0.25, 0.3) is 5.91 Å². The van der Waals surface area contributed by atoms with Gasteiger partial charge in [0, 0.05) is 0 Å². The van der Waals surface area contributed by atoms with Crippen molar-refractivity contribution in [3.8, 4) is 11.5 Å². The van der Waals surface area contributed by atoms with Gasteiger partial charge in [0.15, 0.2) is 6.10 Å². The van der Waals surface area contributed by atoms with E-state index in [1.54, 1.807) is 31.2 Å². The first-order valence-corrected chi connectivity index (χ1v) is 7.78. The lowest BCUT2D eigenvalue weighted by Gasteiger charge is -2.16. The Morgan fingerprint density at radius 2 is 1.88 bits per heavy atom. The Labute approximate surface area is 146 Å². The highest BCUT2D eigenvalue weighted by atomic mass is 16.5. The molecule has 2 N–H and O–H groups in total. The van der Waals surface area contributed by atoms with Gasteiger partial charge in [0.2, 0.25) is 0 Å². The van der Waals surface area contributed by atoms with E-state index in [9.17, 15) is 14.7 Å². The zero-order valence-electron chi connectivity index (χ0n) is 14.6. The smallest absolute Gasteiger partial charge is 0.342 e.